The van der Waals surface area contributed by atoms with Gasteiger partial charge in [-0.3, -0.25) is 4.79 Å². The second-order valence-corrected chi connectivity index (χ2v) is 6.77. The molecule has 0 aromatic heterocycles. The Morgan fingerprint density at radius 2 is 1.92 bits per heavy atom. The Bertz CT molecular complexity index is 532. The van der Waals surface area contributed by atoms with Crippen molar-refractivity contribution in [3.63, 3.8) is 0 Å². The van der Waals surface area contributed by atoms with Gasteiger partial charge in [0, 0.05) is 20.6 Å². The van der Waals surface area contributed by atoms with Gasteiger partial charge in [-0.15, -0.1) is 0 Å². The van der Waals surface area contributed by atoms with Crippen LogP contribution in [0.15, 0.2) is 29.3 Å². The molecule has 6 nitrogen and oxygen atoms in total. The summed E-state index contributed by atoms with van der Waals surface area (Å²) >= 11 is 1.85. The molecule has 0 spiro atoms. The van der Waals surface area contributed by atoms with Crippen LogP contribution in [0.5, 0.6) is 5.75 Å². The van der Waals surface area contributed by atoms with Crippen molar-refractivity contribution < 1.29 is 9.53 Å². The molecule has 0 aliphatic rings. The highest BCUT2D eigenvalue weighted by molar-refractivity contribution is 7.98. The van der Waals surface area contributed by atoms with E-state index >= 15 is 0 Å². The summed E-state index contributed by atoms with van der Waals surface area (Å²) in [7, 11) is 5.14. The van der Waals surface area contributed by atoms with Crippen molar-refractivity contribution in [1.29, 1.82) is 0 Å². The molecule has 0 aliphatic carbocycles. The molecule has 0 fully saturated rings. The number of thioether (sulfide) groups is 1. The van der Waals surface area contributed by atoms with E-state index in [0.717, 1.165) is 36.5 Å². The molecule has 2 N–H and O–H groups in total. The van der Waals surface area contributed by atoms with Crippen LogP contribution in [0, 0.1) is 0 Å². The molecule has 1 aromatic rings. The number of hydrogen-bond acceptors (Lipinski definition) is 4. The molecule has 0 heterocycles. The molecule has 0 atom stereocenters. The van der Waals surface area contributed by atoms with E-state index in [2.05, 4.69) is 21.9 Å². The molecule has 1 aromatic carbocycles. The highest BCUT2D eigenvalue weighted by atomic mass is 32.2. The molecule has 0 unspecified atom stereocenters. The third-order valence-corrected chi connectivity index (χ3v) is 4.25. The Hall–Kier alpha value is -1.89. The normalized spacial score (nSPS) is 11.1. The number of ether oxygens (including phenoxy) is 1. The Balaban J connectivity index is 2.58. The van der Waals surface area contributed by atoms with Crippen molar-refractivity contribution in [1.82, 2.24) is 15.5 Å². The van der Waals surface area contributed by atoms with Crippen LogP contribution in [0.1, 0.15) is 18.4 Å². The Labute approximate surface area is 155 Å². The zero-order valence-corrected chi connectivity index (χ0v) is 16.5. The van der Waals surface area contributed by atoms with Gasteiger partial charge in [-0.05, 0) is 42.5 Å². The van der Waals surface area contributed by atoms with Gasteiger partial charge in [-0.2, -0.15) is 11.8 Å². The number of nitrogens with one attached hydrogen (secondary N) is 2. The quantitative estimate of drug-likeness (QED) is 0.376. The van der Waals surface area contributed by atoms with E-state index in [9.17, 15) is 4.79 Å². The fourth-order valence-electron chi connectivity index (χ4n) is 1.97. The van der Waals surface area contributed by atoms with Gasteiger partial charge in [0.1, 0.15) is 5.75 Å². The summed E-state index contributed by atoms with van der Waals surface area (Å²) in [6, 6.07) is 7.82. The van der Waals surface area contributed by atoms with E-state index < -0.39 is 0 Å². The second kappa shape index (κ2) is 12.5. The van der Waals surface area contributed by atoms with Gasteiger partial charge in [-0.25, -0.2) is 4.99 Å². The smallest absolute Gasteiger partial charge is 0.241 e. The highest BCUT2D eigenvalue weighted by Crippen LogP contribution is 2.11. The minimum absolute atomic E-state index is 0.0151. The van der Waals surface area contributed by atoms with Crippen molar-refractivity contribution in [3.05, 3.63) is 29.8 Å². The van der Waals surface area contributed by atoms with Crippen LogP contribution < -0.4 is 15.4 Å². The SMILES string of the molecule is COc1ccc(CN=C(NCCCCSC)NCC(=O)N(C)C)cc1. The summed E-state index contributed by atoms with van der Waals surface area (Å²) in [5, 5.41) is 6.40. The van der Waals surface area contributed by atoms with Crippen molar-refractivity contribution in [3.8, 4) is 5.75 Å². The van der Waals surface area contributed by atoms with E-state index in [1.54, 1.807) is 26.1 Å². The van der Waals surface area contributed by atoms with Crippen molar-refractivity contribution >= 4 is 23.6 Å². The summed E-state index contributed by atoms with van der Waals surface area (Å²) in [6.45, 7) is 1.61. The average molecular weight is 367 g/mol. The van der Waals surface area contributed by atoms with E-state index in [0.29, 0.717) is 12.5 Å². The van der Waals surface area contributed by atoms with Gasteiger partial charge < -0.3 is 20.3 Å². The molecule has 0 radical (unpaired) electrons. The van der Waals surface area contributed by atoms with Gasteiger partial charge in [0.15, 0.2) is 5.96 Å². The van der Waals surface area contributed by atoms with Crippen LogP contribution >= 0.6 is 11.8 Å². The summed E-state index contributed by atoms with van der Waals surface area (Å²) < 4.78 is 5.16. The number of benzene rings is 1. The molecule has 0 bridgehead atoms. The predicted molar refractivity (Wildman–Crippen MR) is 106 cm³/mol. The lowest BCUT2D eigenvalue weighted by Crippen LogP contribution is -2.43. The van der Waals surface area contributed by atoms with Crippen molar-refractivity contribution in [2.45, 2.75) is 19.4 Å². The molecule has 0 saturated heterocycles. The number of methoxy groups -OCH3 is 1. The number of unbranched alkanes of at least 4 members (excludes halogenated alkanes) is 1. The van der Waals surface area contributed by atoms with E-state index in [1.807, 2.05) is 36.0 Å². The fourth-order valence-corrected chi connectivity index (χ4v) is 2.46. The van der Waals surface area contributed by atoms with Gasteiger partial charge >= 0.3 is 0 Å². The number of aliphatic imine (C=N–C) groups is 1. The topological polar surface area (TPSA) is 66.0 Å². The summed E-state index contributed by atoms with van der Waals surface area (Å²) in [6.07, 6.45) is 4.35. The van der Waals surface area contributed by atoms with E-state index in [1.165, 1.54) is 0 Å². The van der Waals surface area contributed by atoms with Gasteiger partial charge in [0.2, 0.25) is 5.91 Å². The highest BCUT2D eigenvalue weighted by Gasteiger charge is 2.05. The lowest BCUT2D eigenvalue weighted by Gasteiger charge is -2.15. The number of rotatable bonds is 10. The number of hydrogen-bond donors (Lipinski definition) is 2. The molecule has 1 rings (SSSR count). The van der Waals surface area contributed by atoms with E-state index in [4.69, 9.17) is 4.74 Å². The summed E-state index contributed by atoms with van der Waals surface area (Å²) in [5.41, 5.74) is 1.09. The maximum Gasteiger partial charge on any atom is 0.241 e. The van der Waals surface area contributed by atoms with E-state index in [-0.39, 0.29) is 12.5 Å². The fraction of sp³-hybridized carbons (Fsp3) is 0.556. The largest absolute Gasteiger partial charge is 0.497 e. The number of likely N-dealkylation sites (N-methyl/N-ethyl adjacent to an activating group) is 1. The van der Waals surface area contributed by atoms with Gasteiger partial charge in [-0.1, -0.05) is 12.1 Å². The first-order valence-electron chi connectivity index (χ1n) is 8.41. The van der Waals surface area contributed by atoms with Gasteiger partial charge in [0.25, 0.3) is 0 Å². The predicted octanol–water partition coefficient (Wildman–Crippen LogP) is 1.96. The summed E-state index contributed by atoms with van der Waals surface area (Å²) in [4.78, 5) is 17.9. The lowest BCUT2D eigenvalue weighted by molar-refractivity contribution is -0.127. The third-order valence-electron chi connectivity index (χ3n) is 3.55. The third kappa shape index (κ3) is 9.24. The minimum atomic E-state index is 0.0151. The van der Waals surface area contributed by atoms with Crippen LogP contribution in [0.2, 0.25) is 0 Å². The Morgan fingerprint density at radius 3 is 2.52 bits per heavy atom. The standard InChI is InChI=1S/C18H30N4O2S/c1-22(2)17(23)14-21-18(19-11-5-6-12-25-4)20-13-15-7-9-16(24-3)10-8-15/h7-10H,5-6,11-14H2,1-4H3,(H2,19,20,21). The first-order valence-corrected chi connectivity index (χ1v) is 9.80. The molecular formula is C18H30N4O2S. The number of nitrogens with zero attached hydrogens (tertiary/aromatic N) is 2. The van der Waals surface area contributed by atoms with Crippen molar-refractivity contribution in [2.24, 2.45) is 4.99 Å². The van der Waals surface area contributed by atoms with Gasteiger partial charge in [0.05, 0.1) is 20.2 Å². The molecule has 7 heteroatoms. The lowest BCUT2D eigenvalue weighted by atomic mass is 10.2. The molecule has 0 aliphatic heterocycles. The zero-order valence-electron chi connectivity index (χ0n) is 15.7. The molecule has 140 valence electrons. The Morgan fingerprint density at radius 1 is 1.20 bits per heavy atom. The maximum atomic E-state index is 11.8. The second-order valence-electron chi connectivity index (χ2n) is 5.78. The Kier molecular flexibility index (Phi) is 10.6. The molecule has 1 amide bonds. The van der Waals surface area contributed by atoms with Crippen LogP contribution in [0.3, 0.4) is 0 Å². The first-order chi connectivity index (χ1) is 12.1. The average Bonchev–Trinajstić information content (AvgIpc) is 2.63. The number of amides is 1. The first kappa shape index (κ1) is 21.2. The maximum absolute atomic E-state index is 11.8. The van der Waals surface area contributed by atoms with Crippen LogP contribution in [0.25, 0.3) is 0 Å². The monoisotopic (exact) mass is 366 g/mol. The molecule has 25 heavy (non-hydrogen) atoms. The number of carbonyl (C=O) groups is 1. The van der Waals surface area contributed by atoms with Crippen LogP contribution in [-0.2, 0) is 11.3 Å². The minimum Gasteiger partial charge on any atom is -0.497 e. The number of guanidine groups is 1. The molecule has 0 saturated carbocycles. The van der Waals surface area contributed by atoms with Crippen molar-refractivity contribution in [2.75, 3.05) is 46.3 Å². The van der Waals surface area contributed by atoms with Crippen LogP contribution in [0.4, 0.5) is 0 Å². The van der Waals surface area contributed by atoms with Crippen LogP contribution in [-0.4, -0.2) is 63.1 Å². The molecular weight excluding hydrogens is 336 g/mol. The zero-order chi connectivity index (χ0) is 18.5. The number of carbonyl (C=O) groups excluding carboxylic acids is 1. The summed E-state index contributed by atoms with van der Waals surface area (Å²) in [5.74, 6) is 2.66.